The smallest absolute Gasteiger partial charge is 0.0446 e. The van der Waals surface area contributed by atoms with Gasteiger partial charge in [-0.05, 0) is 38.9 Å². The normalized spacial score (nSPS) is 21.2. The highest BCUT2D eigenvalue weighted by molar-refractivity contribution is 4.73. The van der Waals surface area contributed by atoms with Gasteiger partial charge in [-0.15, -0.1) is 0 Å². The zero-order chi connectivity index (χ0) is 10.9. The van der Waals surface area contributed by atoms with Gasteiger partial charge in [0.15, 0.2) is 0 Å². The van der Waals surface area contributed by atoms with E-state index in [1.54, 1.807) is 0 Å². The first-order valence-electron chi connectivity index (χ1n) is 6.43. The predicted molar refractivity (Wildman–Crippen MR) is 64.1 cm³/mol. The van der Waals surface area contributed by atoms with E-state index in [1.807, 2.05) is 0 Å². The molecule has 2 N–H and O–H groups in total. The van der Waals surface area contributed by atoms with Crippen LogP contribution in [0.1, 0.15) is 39.0 Å². The van der Waals surface area contributed by atoms with Crippen LogP contribution in [0.25, 0.3) is 0 Å². The van der Waals surface area contributed by atoms with Crippen LogP contribution in [-0.2, 0) is 0 Å². The standard InChI is InChI=1S/C12H26N2O/c1-2-13-12(7-10-15)11-14-8-5-3-4-6-9-14/h12-13,15H,2-11H2,1H3. The van der Waals surface area contributed by atoms with Crippen molar-refractivity contribution >= 4 is 0 Å². The Morgan fingerprint density at radius 2 is 1.87 bits per heavy atom. The number of nitrogens with one attached hydrogen (secondary N) is 1. The van der Waals surface area contributed by atoms with E-state index in [0.717, 1.165) is 19.5 Å². The Balaban J connectivity index is 2.27. The average Bonchev–Trinajstić information content (AvgIpc) is 2.47. The molecule has 0 aromatic rings. The van der Waals surface area contributed by atoms with Crippen molar-refractivity contribution in [3.8, 4) is 0 Å². The third-order valence-electron chi connectivity index (χ3n) is 3.15. The van der Waals surface area contributed by atoms with E-state index in [0.29, 0.717) is 12.6 Å². The number of likely N-dealkylation sites (tertiary alicyclic amines) is 1. The lowest BCUT2D eigenvalue weighted by molar-refractivity contribution is 0.213. The maximum Gasteiger partial charge on any atom is 0.0446 e. The number of hydrogen-bond acceptors (Lipinski definition) is 3. The molecule has 1 aliphatic rings. The van der Waals surface area contributed by atoms with Crippen LogP contribution in [0.3, 0.4) is 0 Å². The number of aliphatic hydroxyl groups excluding tert-OH is 1. The molecule has 1 saturated heterocycles. The van der Waals surface area contributed by atoms with Gasteiger partial charge < -0.3 is 15.3 Å². The highest BCUT2D eigenvalue weighted by Crippen LogP contribution is 2.10. The summed E-state index contributed by atoms with van der Waals surface area (Å²) in [6.45, 7) is 7.02. The molecule has 3 nitrogen and oxygen atoms in total. The van der Waals surface area contributed by atoms with Gasteiger partial charge in [0.05, 0.1) is 0 Å². The van der Waals surface area contributed by atoms with Crippen molar-refractivity contribution in [3.05, 3.63) is 0 Å². The van der Waals surface area contributed by atoms with E-state index in [1.165, 1.54) is 38.8 Å². The Hall–Kier alpha value is -0.120. The molecule has 1 heterocycles. The minimum atomic E-state index is 0.297. The molecule has 1 fully saturated rings. The molecule has 0 bridgehead atoms. The van der Waals surface area contributed by atoms with E-state index in [-0.39, 0.29) is 0 Å². The Morgan fingerprint density at radius 3 is 2.40 bits per heavy atom. The molecule has 1 atom stereocenters. The Bertz CT molecular complexity index is 139. The van der Waals surface area contributed by atoms with E-state index in [9.17, 15) is 0 Å². The van der Waals surface area contributed by atoms with Gasteiger partial charge in [-0.1, -0.05) is 19.8 Å². The molecule has 0 aromatic carbocycles. The van der Waals surface area contributed by atoms with Gasteiger partial charge in [-0.25, -0.2) is 0 Å². The number of rotatable bonds is 6. The van der Waals surface area contributed by atoms with E-state index in [4.69, 9.17) is 5.11 Å². The molecule has 0 spiro atoms. The van der Waals surface area contributed by atoms with E-state index in [2.05, 4.69) is 17.1 Å². The summed E-state index contributed by atoms with van der Waals surface area (Å²) in [4.78, 5) is 2.55. The van der Waals surface area contributed by atoms with Gasteiger partial charge in [-0.2, -0.15) is 0 Å². The quantitative estimate of drug-likeness (QED) is 0.698. The van der Waals surface area contributed by atoms with Crippen molar-refractivity contribution in [2.24, 2.45) is 0 Å². The summed E-state index contributed by atoms with van der Waals surface area (Å²) in [5, 5.41) is 12.4. The molecule has 0 aliphatic carbocycles. The highest BCUT2D eigenvalue weighted by Gasteiger charge is 2.14. The molecule has 90 valence electrons. The van der Waals surface area contributed by atoms with Gasteiger partial charge in [0.25, 0.3) is 0 Å². The van der Waals surface area contributed by atoms with Gasteiger partial charge in [-0.3, -0.25) is 0 Å². The second kappa shape index (κ2) is 8.08. The van der Waals surface area contributed by atoms with Crippen molar-refractivity contribution in [1.29, 1.82) is 0 Å². The lowest BCUT2D eigenvalue weighted by Crippen LogP contribution is -2.42. The van der Waals surface area contributed by atoms with Gasteiger partial charge in [0, 0.05) is 19.2 Å². The van der Waals surface area contributed by atoms with Crippen LogP contribution in [0.5, 0.6) is 0 Å². The Morgan fingerprint density at radius 1 is 1.20 bits per heavy atom. The van der Waals surface area contributed by atoms with Crippen molar-refractivity contribution in [3.63, 3.8) is 0 Å². The molecule has 1 rings (SSSR count). The second-order valence-electron chi connectivity index (χ2n) is 4.48. The zero-order valence-electron chi connectivity index (χ0n) is 10.0. The number of hydrogen-bond donors (Lipinski definition) is 2. The third kappa shape index (κ3) is 5.50. The lowest BCUT2D eigenvalue weighted by Gasteiger charge is -2.26. The topological polar surface area (TPSA) is 35.5 Å². The lowest BCUT2D eigenvalue weighted by atomic mass is 10.2. The maximum atomic E-state index is 8.99. The first-order valence-corrected chi connectivity index (χ1v) is 6.43. The van der Waals surface area contributed by atoms with Gasteiger partial charge in [0.2, 0.25) is 0 Å². The number of aliphatic hydroxyl groups is 1. The summed E-state index contributed by atoms with van der Waals surface area (Å²) >= 11 is 0. The average molecular weight is 214 g/mol. The van der Waals surface area contributed by atoms with E-state index < -0.39 is 0 Å². The predicted octanol–water partition coefficient (Wildman–Crippen LogP) is 1.22. The molecule has 15 heavy (non-hydrogen) atoms. The summed E-state index contributed by atoms with van der Waals surface area (Å²) < 4.78 is 0. The van der Waals surface area contributed by atoms with Crippen molar-refractivity contribution in [2.45, 2.75) is 45.1 Å². The summed E-state index contributed by atoms with van der Waals surface area (Å²) in [5.41, 5.74) is 0. The van der Waals surface area contributed by atoms with Crippen LogP contribution < -0.4 is 5.32 Å². The molecule has 1 unspecified atom stereocenters. The molecular weight excluding hydrogens is 188 g/mol. The van der Waals surface area contributed by atoms with Gasteiger partial charge in [0.1, 0.15) is 0 Å². The van der Waals surface area contributed by atoms with Crippen molar-refractivity contribution in [1.82, 2.24) is 10.2 Å². The van der Waals surface area contributed by atoms with Crippen LogP contribution in [0.4, 0.5) is 0 Å². The molecule has 0 amide bonds. The Kier molecular flexibility index (Phi) is 6.98. The maximum absolute atomic E-state index is 8.99. The van der Waals surface area contributed by atoms with Crippen molar-refractivity contribution < 1.29 is 5.11 Å². The fourth-order valence-electron chi connectivity index (χ4n) is 2.33. The minimum absolute atomic E-state index is 0.297. The first-order chi connectivity index (χ1) is 7.36. The number of likely N-dealkylation sites (N-methyl/N-ethyl adjacent to an activating group) is 1. The molecule has 0 saturated carbocycles. The third-order valence-corrected chi connectivity index (χ3v) is 3.15. The van der Waals surface area contributed by atoms with Gasteiger partial charge >= 0.3 is 0 Å². The molecule has 3 heteroatoms. The minimum Gasteiger partial charge on any atom is -0.396 e. The molecule has 1 aliphatic heterocycles. The monoisotopic (exact) mass is 214 g/mol. The van der Waals surface area contributed by atoms with Crippen molar-refractivity contribution in [2.75, 3.05) is 32.8 Å². The SMILES string of the molecule is CCNC(CCO)CN1CCCCCC1. The highest BCUT2D eigenvalue weighted by atomic mass is 16.3. The van der Waals surface area contributed by atoms with Crippen LogP contribution in [0, 0.1) is 0 Å². The summed E-state index contributed by atoms with van der Waals surface area (Å²) in [6.07, 6.45) is 6.35. The molecule has 0 aromatic heterocycles. The zero-order valence-corrected chi connectivity index (χ0v) is 10.0. The number of nitrogens with zero attached hydrogens (tertiary/aromatic N) is 1. The van der Waals surface area contributed by atoms with Crippen LogP contribution >= 0.6 is 0 Å². The molecular formula is C12H26N2O. The summed E-state index contributed by atoms with van der Waals surface area (Å²) in [6, 6.07) is 0.470. The molecule has 0 radical (unpaired) electrons. The fourth-order valence-corrected chi connectivity index (χ4v) is 2.33. The largest absolute Gasteiger partial charge is 0.396 e. The summed E-state index contributed by atoms with van der Waals surface area (Å²) in [5.74, 6) is 0. The van der Waals surface area contributed by atoms with Crippen LogP contribution in [0.2, 0.25) is 0 Å². The van der Waals surface area contributed by atoms with E-state index >= 15 is 0 Å². The van der Waals surface area contributed by atoms with Crippen LogP contribution in [0.15, 0.2) is 0 Å². The summed E-state index contributed by atoms with van der Waals surface area (Å²) in [7, 11) is 0. The first kappa shape index (κ1) is 12.9. The second-order valence-corrected chi connectivity index (χ2v) is 4.48. The fraction of sp³-hybridized carbons (Fsp3) is 1.00. The Labute approximate surface area is 93.9 Å². The van der Waals surface area contributed by atoms with Crippen LogP contribution in [-0.4, -0.2) is 48.8 Å².